The van der Waals surface area contributed by atoms with E-state index in [2.05, 4.69) is 45.6 Å². The lowest BCUT2D eigenvalue weighted by molar-refractivity contribution is 0.265. The first-order chi connectivity index (χ1) is 9.65. The molecule has 0 spiro atoms. The summed E-state index contributed by atoms with van der Waals surface area (Å²) >= 11 is 0. The molecule has 0 saturated carbocycles. The van der Waals surface area contributed by atoms with Gasteiger partial charge in [0, 0.05) is 24.8 Å². The van der Waals surface area contributed by atoms with Gasteiger partial charge in [-0.05, 0) is 45.9 Å². The molecule has 3 heterocycles. The van der Waals surface area contributed by atoms with Crippen molar-refractivity contribution in [2.75, 3.05) is 13.1 Å². The molecule has 3 rings (SSSR count). The van der Waals surface area contributed by atoms with E-state index in [0.717, 1.165) is 18.0 Å². The van der Waals surface area contributed by atoms with Crippen LogP contribution < -0.4 is 5.32 Å². The normalized spacial score (nSPS) is 21.9. The summed E-state index contributed by atoms with van der Waals surface area (Å²) in [6.45, 7) is 9.00. The Morgan fingerprint density at radius 2 is 2.10 bits per heavy atom. The van der Waals surface area contributed by atoms with Crippen LogP contribution in [0.15, 0.2) is 24.4 Å². The molecule has 0 bridgehead atoms. The van der Waals surface area contributed by atoms with Gasteiger partial charge < -0.3 is 5.32 Å². The highest BCUT2D eigenvalue weighted by atomic mass is 15.3. The number of rotatable bonds is 4. The van der Waals surface area contributed by atoms with Crippen LogP contribution in [-0.2, 0) is 0 Å². The second-order valence-corrected chi connectivity index (χ2v) is 5.95. The van der Waals surface area contributed by atoms with Crippen molar-refractivity contribution in [3.8, 4) is 0 Å². The van der Waals surface area contributed by atoms with Crippen LogP contribution in [0, 0.1) is 0 Å². The molecule has 1 fully saturated rings. The summed E-state index contributed by atoms with van der Waals surface area (Å²) in [4.78, 5) is 2.52. The summed E-state index contributed by atoms with van der Waals surface area (Å²) in [5.41, 5.74) is 0.909. The molecule has 0 aliphatic carbocycles. The van der Waals surface area contributed by atoms with E-state index < -0.39 is 0 Å². The van der Waals surface area contributed by atoms with E-state index in [4.69, 9.17) is 0 Å². The van der Waals surface area contributed by atoms with Gasteiger partial charge in [0.25, 0.3) is 0 Å². The van der Waals surface area contributed by atoms with Gasteiger partial charge in [0.2, 0.25) is 0 Å². The number of hydrogen-bond acceptors (Lipinski definition) is 4. The highest BCUT2D eigenvalue weighted by molar-refractivity contribution is 5.37. The zero-order chi connectivity index (χ0) is 14.1. The third-order valence-corrected chi connectivity index (χ3v) is 4.16. The first kappa shape index (κ1) is 13.5. The third kappa shape index (κ3) is 2.55. The Kier molecular flexibility index (Phi) is 3.72. The molecule has 2 aromatic rings. The Balaban J connectivity index is 1.69. The van der Waals surface area contributed by atoms with Crippen molar-refractivity contribution in [2.24, 2.45) is 0 Å². The Hall–Kier alpha value is -1.46. The minimum absolute atomic E-state index is 0.213. The first-order valence-electron chi connectivity index (χ1n) is 7.45. The Morgan fingerprint density at radius 1 is 1.25 bits per heavy atom. The van der Waals surface area contributed by atoms with Gasteiger partial charge in [0.15, 0.2) is 11.5 Å². The third-order valence-electron chi connectivity index (χ3n) is 4.16. The van der Waals surface area contributed by atoms with Gasteiger partial charge in [-0.2, -0.15) is 0 Å². The van der Waals surface area contributed by atoms with E-state index in [9.17, 15) is 0 Å². The van der Waals surface area contributed by atoms with Crippen LogP contribution in [0.2, 0.25) is 0 Å². The molecule has 108 valence electrons. The molecule has 5 heteroatoms. The van der Waals surface area contributed by atoms with Gasteiger partial charge >= 0.3 is 0 Å². The highest BCUT2D eigenvalue weighted by Crippen LogP contribution is 2.17. The van der Waals surface area contributed by atoms with Crippen molar-refractivity contribution in [2.45, 2.75) is 45.3 Å². The maximum absolute atomic E-state index is 4.33. The fourth-order valence-electron chi connectivity index (χ4n) is 2.98. The summed E-state index contributed by atoms with van der Waals surface area (Å²) in [5.74, 6) is 0.989. The summed E-state index contributed by atoms with van der Waals surface area (Å²) in [6, 6.07) is 7.38. The van der Waals surface area contributed by atoms with E-state index in [-0.39, 0.29) is 6.04 Å². The van der Waals surface area contributed by atoms with Gasteiger partial charge in [0.05, 0.1) is 6.04 Å². The van der Waals surface area contributed by atoms with Gasteiger partial charge in [0.1, 0.15) is 0 Å². The maximum atomic E-state index is 4.33. The molecule has 1 saturated heterocycles. The molecule has 0 amide bonds. The Labute approximate surface area is 120 Å². The Morgan fingerprint density at radius 3 is 2.85 bits per heavy atom. The van der Waals surface area contributed by atoms with Crippen LogP contribution in [-0.4, -0.2) is 44.7 Å². The SMILES string of the molecule is CC(NC1CCN(C(C)C)C1)c1nnc2ccccn12. The number of likely N-dealkylation sites (tertiary alicyclic amines) is 1. The van der Waals surface area contributed by atoms with Gasteiger partial charge in [-0.3, -0.25) is 9.30 Å². The van der Waals surface area contributed by atoms with Gasteiger partial charge in [-0.15, -0.1) is 10.2 Å². The van der Waals surface area contributed by atoms with Crippen LogP contribution in [0.4, 0.5) is 0 Å². The Bertz CT molecular complexity index is 576. The van der Waals surface area contributed by atoms with E-state index in [1.54, 1.807) is 0 Å². The molecule has 2 atom stereocenters. The number of fused-ring (bicyclic) bond motifs is 1. The smallest absolute Gasteiger partial charge is 0.160 e. The second kappa shape index (κ2) is 5.50. The minimum Gasteiger partial charge on any atom is -0.303 e. The summed E-state index contributed by atoms with van der Waals surface area (Å²) in [7, 11) is 0. The lowest BCUT2D eigenvalue weighted by Crippen LogP contribution is -2.36. The van der Waals surface area contributed by atoms with Gasteiger partial charge in [-0.25, -0.2) is 0 Å². The van der Waals surface area contributed by atoms with Crippen LogP contribution in [0.25, 0.3) is 5.65 Å². The molecule has 1 N–H and O–H groups in total. The van der Waals surface area contributed by atoms with Crippen molar-refractivity contribution in [3.63, 3.8) is 0 Å². The molecule has 1 aliphatic rings. The monoisotopic (exact) mass is 273 g/mol. The molecule has 0 aromatic carbocycles. The number of nitrogens with zero attached hydrogens (tertiary/aromatic N) is 4. The molecule has 1 aliphatic heterocycles. The van der Waals surface area contributed by atoms with Crippen molar-refractivity contribution < 1.29 is 0 Å². The van der Waals surface area contributed by atoms with Crippen LogP contribution in [0.5, 0.6) is 0 Å². The van der Waals surface area contributed by atoms with E-state index in [0.29, 0.717) is 12.1 Å². The number of aromatic nitrogens is 3. The molecular weight excluding hydrogens is 250 g/mol. The average Bonchev–Trinajstić information content (AvgIpc) is 3.04. The first-order valence-corrected chi connectivity index (χ1v) is 7.45. The lowest BCUT2D eigenvalue weighted by Gasteiger charge is -2.22. The molecule has 2 unspecified atom stereocenters. The molecule has 2 aromatic heterocycles. The fraction of sp³-hybridized carbons (Fsp3) is 0.600. The van der Waals surface area contributed by atoms with Crippen molar-refractivity contribution in [1.82, 2.24) is 24.8 Å². The second-order valence-electron chi connectivity index (χ2n) is 5.95. The molecular formula is C15H23N5. The fourth-order valence-corrected chi connectivity index (χ4v) is 2.98. The van der Waals surface area contributed by atoms with E-state index >= 15 is 0 Å². The largest absolute Gasteiger partial charge is 0.303 e. The zero-order valence-corrected chi connectivity index (χ0v) is 12.5. The molecule has 5 nitrogen and oxygen atoms in total. The van der Waals surface area contributed by atoms with Crippen molar-refractivity contribution in [3.05, 3.63) is 30.2 Å². The van der Waals surface area contributed by atoms with Crippen molar-refractivity contribution in [1.29, 1.82) is 0 Å². The van der Waals surface area contributed by atoms with Crippen molar-refractivity contribution >= 4 is 5.65 Å². The standard InChI is InChI=1S/C15H23N5/c1-11(2)19-9-7-13(10-19)16-12(3)15-18-17-14-6-4-5-8-20(14)15/h4-6,8,11-13,16H,7,9-10H2,1-3H3. The average molecular weight is 273 g/mol. The number of nitrogens with one attached hydrogen (secondary N) is 1. The number of pyridine rings is 1. The zero-order valence-electron chi connectivity index (χ0n) is 12.5. The summed E-state index contributed by atoms with van der Waals surface area (Å²) in [5, 5.41) is 12.2. The highest BCUT2D eigenvalue weighted by Gasteiger charge is 2.26. The van der Waals surface area contributed by atoms with Gasteiger partial charge in [-0.1, -0.05) is 6.07 Å². The topological polar surface area (TPSA) is 45.5 Å². The predicted octanol–water partition coefficient (Wildman–Crippen LogP) is 1.86. The maximum Gasteiger partial charge on any atom is 0.160 e. The van der Waals surface area contributed by atoms with Crippen LogP contribution >= 0.6 is 0 Å². The lowest BCUT2D eigenvalue weighted by atomic mass is 10.2. The molecule has 20 heavy (non-hydrogen) atoms. The van der Waals surface area contributed by atoms with Crippen LogP contribution in [0.1, 0.15) is 39.1 Å². The summed E-state index contributed by atoms with van der Waals surface area (Å²) < 4.78 is 2.06. The predicted molar refractivity (Wildman–Crippen MR) is 79.7 cm³/mol. The van der Waals surface area contributed by atoms with Crippen LogP contribution in [0.3, 0.4) is 0 Å². The number of hydrogen-bond donors (Lipinski definition) is 1. The molecule has 0 radical (unpaired) electrons. The van der Waals surface area contributed by atoms with E-state index in [1.165, 1.54) is 13.0 Å². The van der Waals surface area contributed by atoms with E-state index in [1.807, 2.05) is 24.4 Å². The summed E-state index contributed by atoms with van der Waals surface area (Å²) in [6.07, 6.45) is 3.23. The minimum atomic E-state index is 0.213. The quantitative estimate of drug-likeness (QED) is 0.923.